The molecular formula is C10H14O3. The quantitative estimate of drug-likeness (QED) is 0.776. The molecule has 0 saturated carbocycles. The number of carboxylic acids is 1. The summed E-state index contributed by atoms with van der Waals surface area (Å²) in [5.74, 6) is -0.249. The molecule has 1 aromatic rings. The molecule has 3 heteroatoms. The SMILES string of the molecule is CC(C)[C@@H](Cc1ccco1)C(=O)O. The predicted molar refractivity (Wildman–Crippen MR) is 48.4 cm³/mol. The van der Waals surface area contributed by atoms with Crippen molar-refractivity contribution in [3.8, 4) is 0 Å². The molecule has 0 unspecified atom stereocenters. The molecule has 0 saturated heterocycles. The molecular weight excluding hydrogens is 168 g/mol. The first-order valence-corrected chi connectivity index (χ1v) is 4.36. The summed E-state index contributed by atoms with van der Waals surface area (Å²) in [7, 11) is 0. The van der Waals surface area contributed by atoms with Crippen molar-refractivity contribution in [3.63, 3.8) is 0 Å². The van der Waals surface area contributed by atoms with Crippen molar-refractivity contribution >= 4 is 5.97 Å². The summed E-state index contributed by atoms with van der Waals surface area (Å²) in [5.41, 5.74) is 0. The molecule has 0 radical (unpaired) electrons. The molecule has 1 atom stereocenters. The van der Waals surface area contributed by atoms with Crippen LogP contribution in [0, 0.1) is 11.8 Å². The molecule has 1 heterocycles. The minimum atomic E-state index is -0.758. The molecule has 0 spiro atoms. The maximum absolute atomic E-state index is 10.8. The zero-order chi connectivity index (χ0) is 9.84. The van der Waals surface area contributed by atoms with E-state index < -0.39 is 5.97 Å². The lowest BCUT2D eigenvalue weighted by molar-refractivity contribution is -0.143. The Bertz CT molecular complexity index is 262. The molecule has 13 heavy (non-hydrogen) atoms. The van der Waals surface area contributed by atoms with Crippen LogP contribution in [-0.2, 0) is 11.2 Å². The first kappa shape index (κ1) is 9.84. The Morgan fingerprint density at radius 2 is 2.31 bits per heavy atom. The van der Waals surface area contributed by atoms with Gasteiger partial charge in [-0.1, -0.05) is 13.8 Å². The number of hydrogen-bond donors (Lipinski definition) is 1. The van der Waals surface area contributed by atoms with Gasteiger partial charge in [-0.05, 0) is 18.1 Å². The van der Waals surface area contributed by atoms with Crippen LogP contribution in [0.25, 0.3) is 0 Å². The summed E-state index contributed by atoms with van der Waals surface area (Å²) in [5, 5.41) is 8.90. The van der Waals surface area contributed by atoms with Gasteiger partial charge in [0.05, 0.1) is 12.2 Å². The highest BCUT2D eigenvalue weighted by atomic mass is 16.4. The van der Waals surface area contributed by atoms with Gasteiger partial charge in [0.25, 0.3) is 0 Å². The standard InChI is InChI=1S/C10H14O3/c1-7(2)9(10(11)12)6-8-4-3-5-13-8/h3-5,7,9H,6H2,1-2H3,(H,11,12)/t9-/m1/s1. The molecule has 0 fully saturated rings. The summed E-state index contributed by atoms with van der Waals surface area (Å²) >= 11 is 0. The number of aliphatic carboxylic acids is 1. The Labute approximate surface area is 77.4 Å². The second-order valence-electron chi connectivity index (χ2n) is 3.47. The predicted octanol–water partition coefficient (Wildman–Crippen LogP) is 2.18. The van der Waals surface area contributed by atoms with Gasteiger partial charge < -0.3 is 9.52 Å². The molecule has 72 valence electrons. The smallest absolute Gasteiger partial charge is 0.307 e. The van der Waals surface area contributed by atoms with Crippen LogP contribution in [0.15, 0.2) is 22.8 Å². The van der Waals surface area contributed by atoms with Crippen LogP contribution in [0.3, 0.4) is 0 Å². The third-order valence-corrected chi connectivity index (χ3v) is 2.12. The largest absolute Gasteiger partial charge is 0.481 e. The van der Waals surface area contributed by atoms with Gasteiger partial charge in [0.2, 0.25) is 0 Å². The maximum Gasteiger partial charge on any atom is 0.307 e. The van der Waals surface area contributed by atoms with E-state index in [4.69, 9.17) is 9.52 Å². The van der Waals surface area contributed by atoms with Crippen molar-refractivity contribution in [2.75, 3.05) is 0 Å². The van der Waals surface area contributed by atoms with Gasteiger partial charge in [-0.15, -0.1) is 0 Å². The fourth-order valence-electron chi connectivity index (χ4n) is 1.25. The summed E-state index contributed by atoms with van der Waals surface area (Å²) < 4.78 is 5.10. The summed E-state index contributed by atoms with van der Waals surface area (Å²) in [6.07, 6.45) is 2.04. The molecule has 3 nitrogen and oxygen atoms in total. The molecule has 1 rings (SSSR count). The van der Waals surface area contributed by atoms with Crippen molar-refractivity contribution in [2.24, 2.45) is 11.8 Å². The van der Waals surface area contributed by atoms with Gasteiger partial charge >= 0.3 is 5.97 Å². The fraction of sp³-hybridized carbons (Fsp3) is 0.500. The van der Waals surface area contributed by atoms with E-state index in [0.717, 1.165) is 5.76 Å². The van der Waals surface area contributed by atoms with Crippen molar-refractivity contribution in [2.45, 2.75) is 20.3 Å². The van der Waals surface area contributed by atoms with Crippen LogP contribution >= 0.6 is 0 Å². The highest BCUT2D eigenvalue weighted by Gasteiger charge is 2.22. The van der Waals surface area contributed by atoms with Crippen molar-refractivity contribution in [3.05, 3.63) is 24.2 Å². The third kappa shape index (κ3) is 2.61. The Morgan fingerprint density at radius 3 is 2.69 bits per heavy atom. The van der Waals surface area contributed by atoms with Gasteiger partial charge in [0, 0.05) is 6.42 Å². The van der Waals surface area contributed by atoms with E-state index >= 15 is 0 Å². The monoisotopic (exact) mass is 182 g/mol. The van der Waals surface area contributed by atoms with E-state index in [9.17, 15) is 4.79 Å². The van der Waals surface area contributed by atoms with E-state index in [1.807, 2.05) is 13.8 Å². The normalized spacial score (nSPS) is 13.2. The molecule has 0 aliphatic carbocycles. The summed E-state index contributed by atoms with van der Waals surface area (Å²) in [6, 6.07) is 3.58. The van der Waals surface area contributed by atoms with Gasteiger partial charge in [-0.3, -0.25) is 4.79 Å². The highest BCUT2D eigenvalue weighted by molar-refractivity contribution is 5.70. The van der Waals surface area contributed by atoms with Crippen molar-refractivity contribution in [1.82, 2.24) is 0 Å². The van der Waals surface area contributed by atoms with Crippen LogP contribution in [0.5, 0.6) is 0 Å². The van der Waals surface area contributed by atoms with Crippen molar-refractivity contribution in [1.29, 1.82) is 0 Å². The zero-order valence-electron chi connectivity index (χ0n) is 7.86. The number of rotatable bonds is 4. The molecule has 1 N–H and O–H groups in total. The number of carboxylic acid groups (broad SMARTS) is 1. The van der Waals surface area contributed by atoms with Crippen LogP contribution in [0.4, 0.5) is 0 Å². The van der Waals surface area contributed by atoms with Gasteiger partial charge in [0.15, 0.2) is 0 Å². The van der Waals surface area contributed by atoms with Crippen LogP contribution < -0.4 is 0 Å². The van der Waals surface area contributed by atoms with Crippen LogP contribution in [0.2, 0.25) is 0 Å². The highest BCUT2D eigenvalue weighted by Crippen LogP contribution is 2.17. The second kappa shape index (κ2) is 4.12. The molecule has 0 aliphatic heterocycles. The van der Waals surface area contributed by atoms with Crippen molar-refractivity contribution < 1.29 is 14.3 Å². The zero-order valence-corrected chi connectivity index (χ0v) is 7.86. The lowest BCUT2D eigenvalue weighted by atomic mass is 9.92. The topological polar surface area (TPSA) is 50.4 Å². The fourth-order valence-corrected chi connectivity index (χ4v) is 1.25. The number of furan rings is 1. The average molecular weight is 182 g/mol. The number of hydrogen-bond acceptors (Lipinski definition) is 2. The van der Waals surface area contributed by atoms with Gasteiger partial charge in [0.1, 0.15) is 5.76 Å². The Hall–Kier alpha value is -1.25. The summed E-state index contributed by atoms with van der Waals surface area (Å²) in [4.78, 5) is 10.8. The van der Waals surface area contributed by atoms with Crippen LogP contribution in [-0.4, -0.2) is 11.1 Å². The minimum Gasteiger partial charge on any atom is -0.481 e. The first-order valence-electron chi connectivity index (χ1n) is 4.36. The average Bonchev–Trinajstić information content (AvgIpc) is 2.50. The molecule has 0 aliphatic rings. The van der Waals surface area contributed by atoms with E-state index in [1.165, 1.54) is 0 Å². The summed E-state index contributed by atoms with van der Waals surface area (Å²) in [6.45, 7) is 3.81. The maximum atomic E-state index is 10.8. The Kier molecular flexibility index (Phi) is 3.12. The van der Waals surface area contributed by atoms with Gasteiger partial charge in [-0.25, -0.2) is 0 Å². The molecule has 0 bridgehead atoms. The van der Waals surface area contributed by atoms with E-state index in [0.29, 0.717) is 6.42 Å². The minimum absolute atomic E-state index is 0.127. The van der Waals surface area contributed by atoms with E-state index in [-0.39, 0.29) is 11.8 Å². The lowest BCUT2D eigenvalue weighted by Gasteiger charge is -2.13. The Balaban J connectivity index is 2.63. The molecule has 1 aromatic heterocycles. The third-order valence-electron chi connectivity index (χ3n) is 2.12. The van der Waals surface area contributed by atoms with E-state index in [1.54, 1.807) is 18.4 Å². The van der Waals surface area contributed by atoms with Crippen LogP contribution in [0.1, 0.15) is 19.6 Å². The molecule has 0 aromatic carbocycles. The van der Waals surface area contributed by atoms with Gasteiger partial charge in [-0.2, -0.15) is 0 Å². The first-order chi connectivity index (χ1) is 6.11. The number of carbonyl (C=O) groups is 1. The van der Waals surface area contributed by atoms with E-state index in [2.05, 4.69) is 0 Å². The lowest BCUT2D eigenvalue weighted by Crippen LogP contribution is -2.21. The Morgan fingerprint density at radius 1 is 1.62 bits per heavy atom. The second-order valence-corrected chi connectivity index (χ2v) is 3.47. The molecule has 0 amide bonds.